The molecule has 0 radical (unpaired) electrons. The summed E-state index contributed by atoms with van der Waals surface area (Å²) >= 11 is 0. The van der Waals surface area contributed by atoms with Crippen molar-refractivity contribution in [2.24, 2.45) is 0 Å². The molecule has 0 bridgehead atoms. The third-order valence-electron chi connectivity index (χ3n) is 5.06. The summed E-state index contributed by atoms with van der Waals surface area (Å²) in [6, 6.07) is 1.05. The van der Waals surface area contributed by atoms with Gasteiger partial charge in [-0.1, -0.05) is 25.7 Å². The first-order valence-electron chi connectivity index (χ1n) is 7.62. The molecule has 3 heteroatoms. The van der Waals surface area contributed by atoms with Crippen molar-refractivity contribution in [1.29, 1.82) is 0 Å². The van der Waals surface area contributed by atoms with Crippen LogP contribution in [0.1, 0.15) is 52.4 Å². The maximum absolute atomic E-state index is 9.68. The van der Waals surface area contributed by atoms with Gasteiger partial charge in [0.25, 0.3) is 0 Å². The Morgan fingerprint density at radius 1 is 1.11 bits per heavy atom. The Morgan fingerprint density at radius 2 is 1.72 bits per heavy atom. The number of piperazine rings is 1. The number of hydrogen-bond acceptors (Lipinski definition) is 3. The zero-order valence-corrected chi connectivity index (χ0v) is 12.4. The van der Waals surface area contributed by atoms with E-state index in [9.17, 15) is 5.11 Å². The highest BCUT2D eigenvalue weighted by atomic mass is 16.3. The van der Waals surface area contributed by atoms with Gasteiger partial charge in [-0.25, -0.2) is 0 Å². The normalized spacial score (nSPS) is 32.3. The van der Waals surface area contributed by atoms with Crippen molar-refractivity contribution in [3.8, 4) is 0 Å². The summed E-state index contributed by atoms with van der Waals surface area (Å²) in [5.74, 6) is 0. The van der Waals surface area contributed by atoms with E-state index in [1.165, 1.54) is 38.5 Å². The van der Waals surface area contributed by atoms with E-state index in [0.29, 0.717) is 18.7 Å². The molecule has 3 nitrogen and oxygen atoms in total. The Bertz CT molecular complexity index is 259. The second-order valence-corrected chi connectivity index (χ2v) is 6.85. The smallest absolute Gasteiger partial charge is 0.0599 e. The van der Waals surface area contributed by atoms with Crippen molar-refractivity contribution in [2.75, 3.05) is 26.7 Å². The summed E-state index contributed by atoms with van der Waals surface area (Å²) in [6.45, 7) is 7.05. The zero-order valence-electron chi connectivity index (χ0n) is 12.4. The van der Waals surface area contributed by atoms with Crippen LogP contribution < -0.4 is 0 Å². The summed E-state index contributed by atoms with van der Waals surface area (Å²) < 4.78 is 0. The maximum Gasteiger partial charge on any atom is 0.0599 e. The Kier molecular flexibility index (Phi) is 4.68. The highest BCUT2D eigenvalue weighted by molar-refractivity contribution is 4.96. The fraction of sp³-hybridized carbons (Fsp3) is 1.00. The molecule has 18 heavy (non-hydrogen) atoms. The number of nitrogens with zero attached hydrogens (tertiary/aromatic N) is 2. The minimum Gasteiger partial charge on any atom is -0.395 e. The minimum atomic E-state index is 0.234. The van der Waals surface area contributed by atoms with E-state index in [1.54, 1.807) is 0 Å². The third-order valence-corrected chi connectivity index (χ3v) is 5.06. The molecule has 1 heterocycles. The summed E-state index contributed by atoms with van der Waals surface area (Å²) in [4.78, 5) is 5.02. The minimum absolute atomic E-state index is 0.234. The van der Waals surface area contributed by atoms with Crippen LogP contribution >= 0.6 is 0 Å². The highest BCUT2D eigenvalue weighted by Crippen LogP contribution is 2.29. The molecule has 0 amide bonds. The molecule has 106 valence electrons. The molecule has 1 unspecified atom stereocenters. The number of aliphatic hydroxyl groups excluding tert-OH is 1. The number of hydrogen-bond donors (Lipinski definition) is 1. The summed E-state index contributed by atoms with van der Waals surface area (Å²) in [5, 5.41) is 9.68. The van der Waals surface area contributed by atoms with Crippen LogP contribution in [0.15, 0.2) is 0 Å². The van der Waals surface area contributed by atoms with Crippen molar-refractivity contribution >= 4 is 0 Å². The molecule has 1 aliphatic carbocycles. The average molecular weight is 254 g/mol. The second kappa shape index (κ2) is 5.89. The lowest BCUT2D eigenvalue weighted by Crippen LogP contribution is -2.65. The van der Waals surface area contributed by atoms with Crippen molar-refractivity contribution < 1.29 is 5.11 Å². The van der Waals surface area contributed by atoms with Crippen LogP contribution in [0.25, 0.3) is 0 Å². The summed E-state index contributed by atoms with van der Waals surface area (Å²) in [5.41, 5.74) is 0.234. The molecule has 1 aliphatic heterocycles. The Labute approximate surface area is 112 Å². The first-order valence-corrected chi connectivity index (χ1v) is 7.62. The van der Waals surface area contributed by atoms with Crippen LogP contribution in [0.3, 0.4) is 0 Å². The fourth-order valence-corrected chi connectivity index (χ4v) is 3.54. The second-order valence-electron chi connectivity index (χ2n) is 6.85. The third kappa shape index (κ3) is 3.06. The van der Waals surface area contributed by atoms with Gasteiger partial charge < -0.3 is 5.11 Å². The lowest BCUT2D eigenvalue weighted by Gasteiger charge is -2.52. The van der Waals surface area contributed by atoms with E-state index in [2.05, 4.69) is 30.7 Å². The molecule has 2 aliphatic rings. The average Bonchev–Trinajstić information content (AvgIpc) is 2.60. The van der Waals surface area contributed by atoms with Crippen molar-refractivity contribution in [3.05, 3.63) is 0 Å². The molecule has 0 spiro atoms. The lowest BCUT2D eigenvalue weighted by atomic mass is 9.93. The van der Waals surface area contributed by atoms with E-state index < -0.39 is 0 Å². The van der Waals surface area contributed by atoms with Gasteiger partial charge in [0.05, 0.1) is 6.61 Å². The van der Waals surface area contributed by atoms with Crippen LogP contribution in [0, 0.1) is 0 Å². The Hall–Kier alpha value is -0.120. The van der Waals surface area contributed by atoms with Gasteiger partial charge in [-0.15, -0.1) is 0 Å². The molecule has 2 rings (SSSR count). The molecule has 1 saturated carbocycles. The first-order chi connectivity index (χ1) is 8.54. The van der Waals surface area contributed by atoms with Crippen LogP contribution in [-0.2, 0) is 0 Å². The molecule has 1 saturated heterocycles. The van der Waals surface area contributed by atoms with E-state index in [-0.39, 0.29) is 5.54 Å². The van der Waals surface area contributed by atoms with Gasteiger partial charge in [-0.3, -0.25) is 9.80 Å². The molecule has 1 N–H and O–H groups in total. The summed E-state index contributed by atoms with van der Waals surface area (Å²) in [7, 11) is 2.19. The van der Waals surface area contributed by atoms with E-state index >= 15 is 0 Å². The van der Waals surface area contributed by atoms with E-state index in [0.717, 1.165) is 13.1 Å². The molecule has 2 fully saturated rings. The van der Waals surface area contributed by atoms with Crippen molar-refractivity contribution in [2.45, 2.75) is 70.0 Å². The van der Waals surface area contributed by atoms with Gasteiger partial charge in [0.2, 0.25) is 0 Å². The van der Waals surface area contributed by atoms with Crippen LogP contribution in [0.4, 0.5) is 0 Å². The monoisotopic (exact) mass is 254 g/mol. The first kappa shape index (κ1) is 14.3. The standard InChI is InChI=1S/C15H30N2O/c1-15(2)12-17(14(11-18)10-16(15)3)13-8-6-4-5-7-9-13/h13-14,18H,4-12H2,1-3H3. The Morgan fingerprint density at radius 3 is 2.28 bits per heavy atom. The number of likely N-dealkylation sites (N-methyl/N-ethyl adjacent to an activating group) is 1. The predicted octanol–water partition coefficient (Wildman–Crippen LogP) is 2.10. The van der Waals surface area contributed by atoms with Gasteiger partial charge in [0.1, 0.15) is 0 Å². The molecular weight excluding hydrogens is 224 g/mol. The molecule has 1 atom stereocenters. The van der Waals surface area contributed by atoms with E-state index in [4.69, 9.17) is 0 Å². The topological polar surface area (TPSA) is 26.7 Å². The van der Waals surface area contributed by atoms with Gasteiger partial charge >= 0.3 is 0 Å². The van der Waals surface area contributed by atoms with Crippen LogP contribution in [0.2, 0.25) is 0 Å². The lowest BCUT2D eigenvalue weighted by molar-refractivity contribution is -0.0451. The fourth-order valence-electron chi connectivity index (χ4n) is 3.54. The number of aliphatic hydroxyl groups is 1. The predicted molar refractivity (Wildman–Crippen MR) is 75.8 cm³/mol. The quantitative estimate of drug-likeness (QED) is 0.765. The number of rotatable bonds is 2. The largest absolute Gasteiger partial charge is 0.395 e. The van der Waals surface area contributed by atoms with Crippen molar-refractivity contribution in [1.82, 2.24) is 9.80 Å². The SMILES string of the molecule is CN1CC(CO)N(C2CCCCCC2)CC1(C)C. The zero-order chi connectivity index (χ0) is 13.2. The van der Waals surface area contributed by atoms with Crippen LogP contribution in [-0.4, -0.2) is 59.3 Å². The maximum atomic E-state index is 9.68. The molecule has 0 aromatic rings. The van der Waals surface area contributed by atoms with Gasteiger partial charge in [0, 0.05) is 30.7 Å². The van der Waals surface area contributed by atoms with Gasteiger partial charge in [0.15, 0.2) is 0 Å². The molecule has 0 aromatic carbocycles. The van der Waals surface area contributed by atoms with Gasteiger partial charge in [-0.2, -0.15) is 0 Å². The Balaban J connectivity index is 2.07. The summed E-state index contributed by atoms with van der Waals surface area (Å²) in [6.07, 6.45) is 8.20. The van der Waals surface area contributed by atoms with Crippen molar-refractivity contribution in [3.63, 3.8) is 0 Å². The van der Waals surface area contributed by atoms with E-state index in [1.807, 2.05) is 0 Å². The molecular formula is C15H30N2O. The van der Waals surface area contributed by atoms with Gasteiger partial charge in [-0.05, 0) is 33.7 Å². The van der Waals surface area contributed by atoms with Crippen LogP contribution in [0.5, 0.6) is 0 Å². The molecule has 0 aromatic heterocycles. The highest BCUT2D eigenvalue weighted by Gasteiger charge is 2.39.